The van der Waals surface area contributed by atoms with Gasteiger partial charge in [-0.15, -0.1) is 0 Å². The van der Waals surface area contributed by atoms with E-state index in [0.717, 1.165) is 23.3 Å². The normalized spacial score (nSPS) is 16.8. The summed E-state index contributed by atoms with van der Waals surface area (Å²) in [4.78, 5) is 12.5. The smallest absolute Gasteiger partial charge is 0.205 e. The fourth-order valence-corrected chi connectivity index (χ4v) is 2.95. The summed E-state index contributed by atoms with van der Waals surface area (Å²) in [6, 6.07) is 16.0. The summed E-state index contributed by atoms with van der Waals surface area (Å²) in [7, 11) is 0. The number of ketones is 1. The van der Waals surface area contributed by atoms with Crippen LogP contribution >= 0.6 is 0 Å². The number of Topliss-reactive ketones (excluding diaryl/α,β-unsaturated/α-hetero) is 1. The molecule has 0 radical (unpaired) electrons. The van der Waals surface area contributed by atoms with Crippen molar-refractivity contribution < 1.29 is 14.3 Å². The van der Waals surface area contributed by atoms with E-state index in [-0.39, 0.29) is 5.78 Å². The van der Waals surface area contributed by atoms with Crippen LogP contribution in [-0.2, 0) is 11.3 Å². The molecule has 24 heavy (non-hydrogen) atoms. The zero-order valence-corrected chi connectivity index (χ0v) is 14.5. The molecule has 1 atom stereocenters. The summed E-state index contributed by atoms with van der Waals surface area (Å²) >= 11 is 0. The number of hydrogen-bond donors (Lipinski definition) is 0. The summed E-state index contributed by atoms with van der Waals surface area (Å²) in [6.07, 6.45) is 1.39. The first kappa shape index (κ1) is 16.7. The Morgan fingerprint density at radius 2 is 1.92 bits per heavy atom. The Balaban J connectivity index is 1.64. The SMILES string of the molecule is CC(CCC(=O)c1ccc2c(c1)COC(C)(C)O2)c1ccccc1. The second-order valence-electron chi connectivity index (χ2n) is 6.89. The van der Waals surface area contributed by atoms with Gasteiger partial charge in [0.1, 0.15) is 5.75 Å². The Hall–Kier alpha value is -2.13. The highest BCUT2D eigenvalue weighted by Crippen LogP contribution is 2.32. The van der Waals surface area contributed by atoms with Gasteiger partial charge in [-0.25, -0.2) is 0 Å². The summed E-state index contributed by atoms with van der Waals surface area (Å²) in [5, 5.41) is 0. The minimum absolute atomic E-state index is 0.172. The molecule has 0 amide bonds. The first-order valence-corrected chi connectivity index (χ1v) is 8.49. The van der Waals surface area contributed by atoms with E-state index in [0.29, 0.717) is 18.9 Å². The van der Waals surface area contributed by atoms with Crippen LogP contribution in [0, 0.1) is 0 Å². The summed E-state index contributed by atoms with van der Waals surface area (Å²) in [5.74, 6) is 0.745. The van der Waals surface area contributed by atoms with Gasteiger partial charge in [0.25, 0.3) is 0 Å². The van der Waals surface area contributed by atoms with Crippen LogP contribution in [0.5, 0.6) is 5.75 Å². The molecule has 1 aliphatic heterocycles. The Morgan fingerprint density at radius 1 is 1.17 bits per heavy atom. The highest BCUT2D eigenvalue weighted by molar-refractivity contribution is 5.96. The van der Waals surface area contributed by atoms with E-state index in [4.69, 9.17) is 9.47 Å². The molecular formula is C21H24O3. The third kappa shape index (κ3) is 3.85. The molecule has 126 valence electrons. The largest absolute Gasteiger partial charge is 0.463 e. The number of hydrogen-bond acceptors (Lipinski definition) is 3. The topological polar surface area (TPSA) is 35.5 Å². The third-order valence-electron chi connectivity index (χ3n) is 4.49. The van der Waals surface area contributed by atoms with E-state index in [1.165, 1.54) is 5.56 Å². The van der Waals surface area contributed by atoms with Gasteiger partial charge in [0.2, 0.25) is 5.79 Å². The molecule has 0 N–H and O–H groups in total. The van der Waals surface area contributed by atoms with E-state index < -0.39 is 5.79 Å². The fourth-order valence-electron chi connectivity index (χ4n) is 2.95. The van der Waals surface area contributed by atoms with E-state index in [1.54, 1.807) is 0 Å². The van der Waals surface area contributed by atoms with Crippen molar-refractivity contribution in [1.82, 2.24) is 0 Å². The molecule has 1 unspecified atom stereocenters. The molecule has 0 saturated carbocycles. The maximum Gasteiger partial charge on any atom is 0.205 e. The van der Waals surface area contributed by atoms with Crippen molar-refractivity contribution >= 4 is 5.78 Å². The Labute approximate surface area is 143 Å². The highest BCUT2D eigenvalue weighted by Gasteiger charge is 2.27. The van der Waals surface area contributed by atoms with Crippen molar-refractivity contribution in [2.45, 2.75) is 51.9 Å². The Bertz CT molecular complexity index is 719. The monoisotopic (exact) mass is 324 g/mol. The van der Waals surface area contributed by atoms with Gasteiger partial charge < -0.3 is 9.47 Å². The van der Waals surface area contributed by atoms with Gasteiger partial charge in [0, 0.05) is 31.4 Å². The summed E-state index contributed by atoms with van der Waals surface area (Å²) in [6.45, 7) is 6.42. The molecule has 1 heterocycles. The van der Waals surface area contributed by atoms with Crippen molar-refractivity contribution in [3.8, 4) is 5.75 Å². The minimum Gasteiger partial charge on any atom is -0.463 e. The van der Waals surface area contributed by atoms with Crippen LogP contribution in [0.2, 0.25) is 0 Å². The van der Waals surface area contributed by atoms with Crippen LogP contribution in [0.4, 0.5) is 0 Å². The van der Waals surface area contributed by atoms with Gasteiger partial charge in [-0.2, -0.15) is 0 Å². The summed E-state index contributed by atoms with van der Waals surface area (Å²) < 4.78 is 11.4. The average molecular weight is 324 g/mol. The lowest BCUT2D eigenvalue weighted by Crippen LogP contribution is -2.35. The van der Waals surface area contributed by atoms with E-state index in [2.05, 4.69) is 19.1 Å². The number of carbonyl (C=O) groups excluding carboxylic acids is 1. The average Bonchev–Trinajstić information content (AvgIpc) is 2.59. The lowest BCUT2D eigenvalue weighted by Gasteiger charge is -2.32. The molecule has 3 rings (SSSR count). The number of rotatable bonds is 5. The molecule has 3 heteroatoms. The maximum absolute atomic E-state index is 12.5. The number of benzene rings is 2. The molecule has 0 saturated heterocycles. The van der Waals surface area contributed by atoms with Crippen LogP contribution in [0.3, 0.4) is 0 Å². The third-order valence-corrected chi connectivity index (χ3v) is 4.49. The second-order valence-corrected chi connectivity index (χ2v) is 6.89. The van der Waals surface area contributed by atoms with Gasteiger partial charge in [-0.05, 0) is 36.1 Å². The quantitative estimate of drug-likeness (QED) is 0.718. The van der Waals surface area contributed by atoms with Crippen LogP contribution in [0.1, 0.15) is 61.0 Å². The minimum atomic E-state index is -0.607. The van der Waals surface area contributed by atoms with Gasteiger partial charge >= 0.3 is 0 Å². The molecule has 3 nitrogen and oxygen atoms in total. The lowest BCUT2D eigenvalue weighted by atomic mass is 9.93. The van der Waals surface area contributed by atoms with Gasteiger partial charge in [-0.3, -0.25) is 4.79 Å². The first-order valence-electron chi connectivity index (χ1n) is 8.49. The van der Waals surface area contributed by atoms with Crippen molar-refractivity contribution in [3.63, 3.8) is 0 Å². The first-order chi connectivity index (χ1) is 11.4. The fraction of sp³-hybridized carbons (Fsp3) is 0.381. The molecule has 0 spiro atoms. The number of fused-ring (bicyclic) bond motifs is 1. The molecule has 0 fully saturated rings. The van der Waals surface area contributed by atoms with Gasteiger partial charge in [0.05, 0.1) is 6.61 Å². The van der Waals surface area contributed by atoms with Gasteiger partial charge in [-0.1, -0.05) is 37.3 Å². The van der Waals surface area contributed by atoms with E-state index >= 15 is 0 Å². The van der Waals surface area contributed by atoms with E-state index in [9.17, 15) is 4.79 Å². The van der Waals surface area contributed by atoms with Crippen LogP contribution in [0.15, 0.2) is 48.5 Å². The molecule has 0 aromatic heterocycles. The molecule has 2 aromatic rings. The summed E-state index contributed by atoms with van der Waals surface area (Å²) in [5.41, 5.74) is 2.96. The second kappa shape index (κ2) is 6.78. The molecule has 2 aromatic carbocycles. The van der Waals surface area contributed by atoms with Crippen LogP contribution < -0.4 is 4.74 Å². The predicted octanol–water partition coefficient (Wildman–Crippen LogP) is 5.10. The van der Waals surface area contributed by atoms with Gasteiger partial charge in [0.15, 0.2) is 5.78 Å². The number of carbonyl (C=O) groups is 1. The molecule has 0 bridgehead atoms. The highest BCUT2D eigenvalue weighted by atomic mass is 16.7. The number of ether oxygens (including phenoxy) is 2. The molecular weight excluding hydrogens is 300 g/mol. The van der Waals surface area contributed by atoms with Crippen molar-refractivity contribution in [3.05, 3.63) is 65.2 Å². The maximum atomic E-state index is 12.5. The van der Waals surface area contributed by atoms with Crippen molar-refractivity contribution in [2.75, 3.05) is 0 Å². The molecule has 1 aliphatic rings. The zero-order valence-electron chi connectivity index (χ0n) is 14.5. The Kier molecular flexibility index (Phi) is 4.72. The lowest BCUT2D eigenvalue weighted by molar-refractivity contribution is -0.180. The van der Waals surface area contributed by atoms with Crippen molar-refractivity contribution in [2.24, 2.45) is 0 Å². The van der Waals surface area contributed by atoms with Crippen LogP contribution in [0.25, 0.3) is 0 Å². The zero-order chi connectivity index (χ0) is 17.2. The standard InChI is InChI=1S/C21H24O3/c1-15(16-7-5-4-6-8-16)9-11-19(22)17-10-12-20-18(13-17)14-23-21(2,3)24-20/h4-8,10,12-13,15H,9,11,14H2,1-3H3. The van der Waals surface area contributed by atoms with Crippen LogP contribution in [-0.4, -0.2) is 11.6 Å². The Morgan fingerprint density at radius 3 is 2.67 bits per heavy atom. The van der Waals surface area contributed by atoms with Crippen molar-refractivity contribution in [1.29, 1.82) is 0 Å². The molecule has 0 aliphatic carbocycles. The predicted molar refractivity (Wildman–Crippen MR) is 94.4 cm³/mol. The van der Waals surface area contributed by atoms with E-state index in [1.807, 2.05) is 50.2 Å².